The van der Waals surface area contributed by atoms with Crippen molar-refractivity contribution in [3.8, 4) is 5.75 Å². The Morgan fingerprint density at radius 3 is 2.43 bits per heavy atom. The topological polar surface area (TPSA) is 65.7 Å². The predicted octanol–water partition coefficient (Wildman–Crippen LogP) is 3.48. The molecule has 2 aromatic rings. The summed E-state index contributed by atoms with van der Waals surface area (Å²) in [5, 5.41) is 0.568. The highest BCUT2D eigenvalue weighted by molar-refractivity contribution is 6.05. The van der Waals surface area contributed by atoms with Gasteiger partial charge in [0.2, 0.25) is 0 Å². The van der Waals surface area contributed by atoms with E-state index in [1.165, 1.54) is 7.11 Å². The van der Waals surface area contributed by atoms with Crippen LogP contribution < -0.4 is 4.74 Å². The molecule has 112 valence electrons. The maximum absolute atomic E-state index is 11.9. The average molecular weight is 290 g/mol. The van der Waals surface area contributed by atoms with Crippen molar-refractivity contribution in [3.63, 3.8) is 0 Å². The molecule has 0 amide bonds. The molecular formula is C16H18O5. The molecule has 0 aliphatic carbocycles. The zero-order chi connectivity index (χ0) is 15.8. The van der Waals surface area contributed by atoms with E-state index in [1.807, 2.05) is 0 Å². The highest BCUT2D eigenvalue weighted by Gasteiger charge is 2.25. The second-order valence-electron chi connectivity index (χ2n) is 5.82. The third-order valence-electron chi connectivity index (χ3n) is 3.05. The molecule has 0 saturated heterocycles. The van der Waals surface area contributed by atoms with E-state index in [2.05, 4.69) is 0 Å². The molecule has 5 nitrogen and oxygen atoms in total. The molecule has 1 aromatic carbocycles. The summed E-state index contributed by atoms with van der Waals surface area (Å²) in [6.07, 6.45) is 0. The Balaban J connectivity index is 2.46. The SMILES string of the molecule is COC(=O)c1c(C)oc2ccc(OC(=O)C(C)(C)C)cc12. The lowest BCUT2D eigenvalue weighted by Gasteiger charge is -2.16. The van der Waals surface area contributed by atoms with Gasteiger partial charge in [0.05, 0.1) is 12.5 Å². The number of rotatable bonds is 2. The normalized spacial score (nSPS) is 11.5. The molecule has 21 heavy (non-hydrogen) atoms. The third-order valence-corrected chi connectivity index (χ3v) is 3.05. The fourth-order valence-electron chi connectivity index (χ4n) is 1.88. The van der Waals surface area contributed by atoms with Crippen molar-refractivity contribution >= 4 is 22.9 Å². The number of esters is 2. The van der Waals surface area contributed by atoms with Gasteiger partial charge >= 0.3 is 11.9 Å². The van der Waals surface area contributed by atoms with Gasteiger partial charge < -0.3 is 13.9 Å². The summed E-state index contributed by atoms with van der Waals surface area (Å²) < 4.78 is 15.6. The standard InChI is InChI=1S/C16H18O5/c1-9-13(14(17)19-5)11-8-10(6-7-12(11)20-9)21-15(18)16(2,3)4/h6-8H,1-5H3. The Bertz CT molecular complexity index is 703. The first-order valence-electron chi connectivity index (χ1n) is 6.58. The largest absolute Gasteiger partial charge is 0.465 e. The van der Waals surface area contributed by atoms with Crippen LogP contribution in [0, 0.1) is 12.3 Å². The molecule has 0 bridgehead atoms. The Hall–Kier alpha value is -2.30. The Kier molecular flexibility index (Phi) is 3.77. The molecule has 0 radical (unpaired) electrons. The summed E-state index contributed by atoms with van der Waals surface area (Å²) >= 11 is 0. The quantitative estimate of drug-likeness (QED) is 0.625. The van der Waals surface area contributed by atoms with E-state index in [1.54, 1.807) is 45.9 Å². The van der Waals surface area contributed by atoms with Gasteiger partial charge in [-0.05, 0) is 45.9 Å². The summed E-state index contributed by atoms with van der Waals surface area (Å²) in [5.74, 6) is 0.0109. The lowest BCUT2D eigenvalue weighted by Crippen LogP contribution is -2.25. The van der Waals surface area contributed by atoms with Gasteiger partial charge in [0.1, 0.15) is 22.7 Å². The van der Waals surface area contributed by atoms with Gasteiger partial charge in [-0.2, -0.15) is 0 Å². The second kappa shape index (κ2) is 5.24. The smallest absolute Gasteiger partial charge is 0.342 e. The van der Waals surface area contributed by atoms with E-state index in [0.29, 0.717) is 28.0 Å². The molecule has 2 rings (SSSR count). The summed E-state index contributed by atoms with van der Waals surface area (Å²) in [6.45, 7) is 7.01. The Labute approximate surface area is 122 Å². The van der Waals surface area contributed by atoms with Gasteiger partial charge in [-0.3, -0.25) is 4.79 Å². The first-order chi connectivity index (χ1) is 9.74. The van der Waals surface area contributed by atoms with Crippen molar-refractivity contribution in [2.75, 3.05) is 7.11 Å². The zero-order valence-corrected chi connectivity index (χ0v) is 12.8. The fourth-order valence-corrected chi connectivity index (χ4v) is 1.88. The maximum Gasteiger partial charge on any atom is 0.342 e. The summed E-state index contributed by atoms with van der Waals surface area (Å²) in [5.41, 5.74) is 0.288. The minimum absolute atomic E-state index is 0.346. The molecule has 0 spiro atoms. The van der Waals surface area contributed by atoms with Crippen LogP contribution in [-0.4, -0.2) is 19.0 Å². The van der Waals surface area contributed by atoms with Gasteiger partial charge in [0.25, 0.3) is 0 Å². The van der Waals surface area contributed by atoms with E-state index in [9.17, 15) is 9.59 Å². The molecule has 0 N–H and O–H groups in total. The average Bonchev–Trinajstić information content (AvgIpc) is 2.72. The number of hydrogen-bond donors (Lipinski definition) is 0. The van der Waals surface area contributed by atoms with Crippen molar-refractivity contribution in [3.05, 3.63) is 29.5 Å². The molecular weight excluding hydrogens is 272 g/mol. The van der Waals surface area contributed by atoms with Crippen LogP contribution >= 0.6 is 0 Å². The lowest BCUT2D eigenvalue weighted by atomic mass is 9.97. The molecule has 1 heterocycles. The van der Waals surface area contributed by atoms with Gasteiger partial charge in [-0.15, -0.1) is 0 Å². The summed E-state index contributed by atoms with van der Waals surface area (Å²) in [6, 6.07) is 4.91. The van der Waals surface area contributed by atoms with E-state index in [0.717, 1.165) is 0 Å². The van der Waals surface area contributed by atoms with Crippen molar-refractivity contribution in [2.24, 2.45) is 5.41 Å². The number of furan rings is 1. The lowest BCUT2D eigenvalue weighted by molar-refractivity contribution is -0.142. The first kappa shape index (κ1) is 15.1. The Morgan fingerprint density at radius 2 is 1.86 bits per heavy atom. The van der Waals surface area contributed by atoms with Crippen LogP contribution in [0.1, 0.15) is 36.9 Å². The van der Waals surface area contributed by atoms with E-state index in [4.69, 9.17) is 13.9 Å². The van der Waals surface area contributed by atoms with Gasteiger partial charge in [0, 0.05) is 5.39 Å². The first-order valence-corrected chi connectivity index (χ1v) is 6.58. The van der Waals surface area contributed by atoms with Gasteiger partial charge in [-0.25, -0.2) is 4.79 Å². The number of carbonyl (C=O) groups excluding carboxylic acids is 2. The molecule has 0 aliphatic rings. The number of ether oxygens (including phenoxy) is 2. The number of methoxy groups -OCH3 is 1. The number of benzene rings is 1. The van der Waals surface area contributed by atoms with Crippen LogP contribution in [0.5, 0.6) is 5.75 Å². The highest BCUT2D eigenvalue weighted by atomic mass is 16.5. The fraction of sp³-hybridized carbons (Fsp3) is 0.375. The van der Waals surface area contributed by atoms with Crippen LogP contribution in [0.4, 0.5) is 0 Å². The highest BCUT2D eigenvalue weighted by Crippen LogP contribution is 2.30. The predicted molar refractivity (Wildman–Crippen MR) is 77.4 cm³/mol. The van der Waals surface area contributed by atoms with Crippen LogP contribution in [0.15, 0.2) is 22.6 Å². The van der Waals surface area contributed by atoms with E-state index >= 15 is 0 Å². The summed E-state index contributed by atoms with van der Waals surface area (Å²) in [7, 11) is 1.31. The Morgan fingerprint density at radius 1 is 1.19 bits per heavy atom. The molecule has 0 saturated carbocycles. The number of hydrogen-bond acceptors (Lipinski definition) is 5. The number of carbonyl (C=O) groups is 2. The van der Waals surface area contributed by atoms with E-state index < -0.39 is 11.4 Å². The molecule has 0 unspecified atom stereocenters. The number of aryl methyl sites for hydroxylation is 1. The van der Waals surface area contributed by atoms with Crippen molar-refractivity contribution in [1.82, 2.24) is 0 Å². The van der Waals surface area contributed by atoms with Crippen LogP contribution in [-0.2, 0) is 9.53 Å². The molecule has 1 aromatic heterocycles. The molecule has 0 atom stereocenters. The van der Waals surface area contributed by atoms with E-state index in [-0.39, 0.29) is 5.97 Å². The van der Waals surface area contributed by atoms with Crippen LogP contribution in [0.2, 0.25) is 0 Å². The zero-order valence-electron chi connectivity index (χ0n) is 12.8. The van der Waals surface area contributed by atoms with Crippen LogP contribution in [0.25, 0.3) is 11.0 Å². The second-order valence-corrected chi connectivity index (χ2v) is 5.82. The molecule has 0 fully saturated rings. The summed E-state index contributed by atoms with van der Waals surface area (Å²) in [4.78, 5) is 23.7. The van der Waals surface area contributed by atoms with Crippen molar-refractivity contribution in [1.29, 1.82) is 0 Å². The minimum atomic E-state index is -0.605. The van der Waals surface area contributed by atoms with Crippen molar-refractivity contribution in [2.45, 2.75) is 27.7 Å². The monoisotopic (exact) mass is 290 g/mol. The van der Waals surface area contributed by atoms with Gasteiger partial charge in [-0.1, -0.05) is 0 Å². The molecule has 5 heteroatoms. The minimum Gasteiger partial charge on any atom is -0.465 e. The maximum atomic E-state index is 11.9. The van der Waals surface area contributed by atoms with Gasteiger partial charge in [0.15, 0.2) is 0 Å². The molecule has 0 aliphatic heterocycles. The van der Waals surface area contributed by atoms with Crippen LogP contribution in [0.3, 0.4) is 0 Å². The third kappa shape index (κ3) is 2.91. The number of fused-ring (bicyclic) bond motifs is 1. The van der Waals surface area contributed by atoms with Crippen molar-refractivity contribution < 1.29 is 23.5 Å².